The van der Waals surface area contributed by atoms with E-state index >= 15 is 0 Å². The molecule has 1 aromatic heterocycles. The molecule has 0 saturated carbocycles. The molecular weight excluding hydrogens is 292 g/mol. The Balaban J connectivity index is 1.58. The Bertz CT molecular complexity index is 739. The third kappa shape index (κ3) is 2.47. The molecule has 6 nitrogen and oxygen atoms in total. The van der Waals surface area contributed by atoms with Crippen LogP contribution >= 0.6 is 0 Å². The molecule has 1 amide bonds. The number of piperazine rings is 1. The van der Waals surface area contributed by atoms with E-state index in [0.717, 1.165) is 37.5 Å². The van der Waals surface area contributed by atoms with Crippen molar-refractivity contribution in [2.45, 2.75) is 32.5 Å². The highest BCUT2D eigenvalue weighted by atomic mass is 16.6. The first kappa shape index (κ1) is 14.5. The van der Waals surface area contributed by atoms with Gasteiger partial charge in [0.2, 0.25) is 0 Å². The second kappa shape index (κ2) is 5.53. The zero-order valence-corrected chi connectivity index (χ0v) is 13.6. The second-order valence-electron chi connectivity index (χ2n) is 6.64. The Morgan fingerprint density at radius 1 is 1.30 bits per heavy atom. The quantitative estimate of drug-likeness (QED) is 0.872. The molecule has 0 bridgehead atoms. The van der Waals surface area contributed by atoms with Crippen molar-refractivity contribution in [1.82, 2.24) is 19.4 Å². The van der Waals surface area contributed by atoms with Gasteiger partial charge in [0.1, 0.15) is 12.4 Å². The fourth-order valence-electron chi connectivity index (χ4n) is 3.68. The lowest BCUT2D eigenvalue weighted by Crippen LogP contribution is -2.51. The summed E-state index contributed by atoms with van der Waals surface area (Å²) in [6.07, 6.45) is -0.163. The van der Waals surface area contributed by atoms with Crippen molar-refractivity contribution in [1.29, 1.82) is 0 Å². The molecule has 6 heteroatoms. The van der Waals surface area contributed by atoms with E-state index in [4.69, 9.17) is 9.72 Å². The number of carbonyl (C=O) groups excluding carboxylic acids is 1. The van der Waals surface area contributed by atoms with Gasteiger partial charge in [-0.15, -0.1) is 0 Å². The normalized spacial score (nSPS) is 22.0. The van der Waals surface area contributed by atoms with Crippen molar-refractivity contribution in [2.75, 3.05) is 26.2 Å². The topological polar surface area (TPSA) is 50.6 Å². The van der Waals surface area contributed by atoms with E-state index in [0.29, 0.717) is 12.6 Å². The van der Waals surface area contributed by atoms with Crippen molar-refractivity contribution in [2.24, 2.45) is 0 Å². The number of fused-ring (bicyclic) bond motifs is 2. The molecule has 0 N–H and O–H groups in total. The first-order valence-corrected chi connectivity index (χ1v) is 8.25. The average molecular weight is 314 g/mol. The third-order valence-electron chi connectivity index (χ3n) is 4.75. The molecule has 0 aliphatic carbocycles. The van der Waals surface area contributed by atoms with Gasteiger partial charge in [-0.2, -0.15) is 0 Å². The Kier molecular flexibility index (Phi) is 3.49. The molecule has 1 atom stereocenters. The van der Waals surface area contributed by atoms with Crippen LogP contribution in [-0.4, -0.2) is 57.7 Å². The van der Waals surface area contributed by atoms with Gasteiger partial charge in [0.25, 0.3) is 0 Å². The number of rotatable bonds is 3. The van der Waals surface area contributed by atoms with Crippen LogP contribution in [0, 0.1) is 0 Å². The minimum absolute atomic E-state index is 0.163. The maximum atomic E-state index is 11.6. The molecule has 23 heavy (non-hydrogen) atoms. The van der Waals surface area contributed by atoms with Gasteiger partial charge in [-0.3, -0.25) is 9.80 Å². The summed E-state index contributed by atoms with van der Waals surface area (Å²) in [6, 6.07) is 8.85. The highest BCUT2D eigenvalue weighted by molar-refractivity contribution is 5.76. The Hall–Kier alpha value is -2.08. The van der Waals surface area contributed by atoms with Crippen molar-refractivity contribution >= 4 is 17.1 Å². The van der Waals surface area contributed by atoms with Gasteiger partial charge in [0, 0.05) is 25.7 Å². The maximum absolute atomic E-state index is 11.6. The lowest BCUT2D eigenvalue weighted by atomic mass is 10.2. The second-order valence-corrected chi connectivity index (χ2v) is 6.64. The summed E-state index contributed by atoms with van der Waals surface area (Å²) in [5.74, 6) is 1.10. The van der Waals surface area contributed by atoms with Crippen LogP contribution in [0.25, 0.3) is 11.0 Å². The van der Waals surface area contributed by atoms with E-state index in [9.17, 15) is 4.79 Å². The molecule has 3 heterocycles. The summed E-state index contributed by atoms with van der Waals surface area (Å²) in [7, 11) is 0. The Labute approximate surface area is 135 Å². The molecule has 122 valence electrons. The Morgan fingerprint density at radius 3 is 2.96 bits per heavy atom. The summed E-state index contributed by atoms with van der Waals surface area (Å²) in [5.41, 5.74) is 2.24. The van der Waals surface area contributed by atoms with E-state index < -0.39 is 0 Å². The van der Waals surface area contributed by atoms with Crippen LogP contribution in [0.3, 0.4) is 0 Å². The number of nitrogens with zero attached hydrogens (tertiary/aromatic N) is 4. The van der Waals surface area contributed by atoms with Crippen LogP contribution in [0.1, 0.15) is 25.7 Å². The summed E-state index contributed by atoms with van der Waals surface area (Å²) in [6.45, 7) is 8.17. The van der Waals surface area contributed by atoms with Crippen LogP contribution in [-0.2, 0) is 11.3 Å². The number of para-hydroxylation sites is 2. The number of carbonyl (C=O) groups is 1. The van der Waals surface area contributed by atoms with E-state index in [1.165, 1.54) is 5.52 Å². The maximum Gasteiger partial charge on any atom is 0.410 e. The number of hydrogen-bond donors (Lipinski definition) is 0. The van der Waals surface area contributed by atoms with Gasteiger partial charge in [-0.25, -0.2) is 9.78 Å². The molecular formula is C17H22N4O2. The zero-order chi connectivity index (χ0) is 16.0. The van der Waals surface area contributed by atoms with Gasteiger partial charge in [-0.1, -0.05) is 12.1 Å². The van der Waals surface area contributed by atoms with Gasteiger partial charge in [-0.05, 0) is 26.0 Å². The molecule has 2 aliphatic heterocycles. The number of ether oxygens (including phenoxy) is 1. The number of aromatic nitrogens is 2. The molecule has 2 fully saturated rings. The average Bonchev–Trinajstić information content (AvgIpc) is 3.07. The highest BCUT2D eigenvalue weighted by Gasteiger charge is 2.37. The lowest BCUT2D eigenvalue weighted by Gasteiger charge is -2.35. The molecule has 0 radical (unpaired) electrons. The van der Waals surface area contributed by atoms with Crippen LogP contribution in [0.15, 0.2) is 24.3 Å². The molecule has 2 aliphatic rings. The van der Waals surface area contributed by atoms with Crippen LogP contribution in [0.4, 0.5) is 4.79 Å². The van der Waals surface area contributed by atoms with Crippen molar-refractivity contribution in [3.8, 4) is 0 Å². The minimum Gasteiger partial charge on any atom is -0.447 e. The summed E-state index contributed by atoms with van der Waals surface area (Å²) < 4.78 is 7.47. The molecule has 1 aromatic carbocycles. The fraction of sp³-hybridized carbons (Fsp3) is 0.529. The summed E-state index contributed by atoms with van der Waals surface area (Å²) >= 11 is 0. The number of imidazole rings is 1. The summed E-state index contributed by atoms with van der Waals surface area (Å²) in [4.78, 5) is 20.7. The smallest absolute Gasteiger partial charge is 0.410 e. The lowest BCUT2D eigenvalue weighted by molar-refractivity contribution is 0.113. The van der Waals surface area contributed by atoms with Crippen LogP contribution < -0.4 is 0 Å². The summed E-state index contributed by atoms with van der Waals surface area (Å²) in [5, 5.41) is 0. The van der Waals surface area contributed by atoms with E-state index in [-0.39, 0.29) is 12.1 Å². The molecule has 4 rings (SSSR count). The van der Waals surface area contributed by atoms with Crippen molar-refractivity contribution in [3.05, 3.63) is 30.1 Å². The van der Waals surface area contributed by atoms with Crippen LogP contribution in [0.5, 0.6) is 0 Å². The van der Waals surface area contributed by atoms with Gasteiger partial charge in [0.05, 0.1) is 23.6 Å². The van der Waals surface area contributed by atoms with Crippen molar-refractivity contribution < 1.29 is 9.53 Å². The number of amides is 1. The van der Waals surface area contributed by atoms with Gasteiger partial charge < -0.3 is 9.30 Å². The first-order valence-electron chi connectivity index (χ1n) is 8.25. The number of benzene rings is 1. The van der Waals surface area contributed by atoms with Gasteiger partial charge >= 0.3 is 6.09 Å². The highest BCUT2D eigenvalue weighted by Crippen LogP contribution is 2.24. The standard InChI is InChI=1S/C17H22N4O2/c1-12(2)21-15-6-4-3-5-14(15)18-16(21)10-19-7-8-20-13(9-19)11-23-17(20)22/h3-6,12-13H,7-11H2,1-2H3. The van der Waals surface area contributed by atoms with Crippen LogP contribution in [0.2, 0.25) is 0 Å². The predicted molar refractivity (Wildman–Crippen MR) is 87.2 cm³/mol. The predicted octanol–water partition coefficient (Wildman–Crippen LogP) is 2.25. The number of cyclic esters (lactones) is 1. The molecule has 1 unspecified atom stereocenters. The van der Waals surface area contributed by atoms with E-state index in [1.54, 1.807) is 0 Å². The Morgan fingerprint density at radius 2 is 2.13 bits per heavy atom. The van der Waals surface area contributed by atoms with Gasteiger partial charge in [0.15, 0.2) is 0 Å². The van der Waals surface area contributed by atoms with E-state index in [2.05, 4.69) is 41.5 Å². The fourth-order valence-corrected chi connectivity index (χ4v) is 3.68. The van der Waals surface area contributed by atoms with Crippen molar-refractivity contribution in [3.63, 3.8) is 0 Å². The zero-order valence-electron chi connectivity index (χ0n) is 13.6. The first-order chi connectivity index (χ1) is 11.1. The molecule has 2 saturated heterocycles. The minimum atomic E-state index is -0.163. The van der Waals surface area contributed by atoms with E-state index in [1.807, 2.05) is 11.0 Å². The number of hydrogen-bond acceptors (Lipinski definition) is 4. The molecule has 0 spiro atoms. The molecule has 2 aromatic rings. The monoisotopic (exact) mass is 314 g/mol. The third-order valence-corrected chi connectivity index (χ3v) is 4.75. The SMILES string of the molecule is CC(C)n1c(CN2CCN3C(=O)OCC3C2)nc2ccccc21. The largest absolute Gasteiger partial charge is 0.447 e.